The summed E-state index contributed by atoms with van der Waals surface area (Å²) in [7, 11) is 0. The lowest BCUT2D eigenvalue weighted by atomic mass is 9.85. The minimum atomic E-state index is 1.13. The van der Waals surface area contributed by atoms with E-state index in [9.17, 15) is 0 Å². The van der Waals surface area contributed by atoms with Crippen molar-refractivity contribution in [3.8, 4) is 27.9 Å². The van der Waals surface area contributed by atoms with E-state index < -0.39 is 0 Å². The highest BCUT2D eigenvalue weighted by Gasteiger charge is 2.20. The van der Waals surface area contributed by atoms with E-state index in [1.165, 1.54) is 76.5 Å². The molecule has 2 aromatic heterocycles. The van der Waals surface area contributed by atoms with Crippen LogP contribution in [0.25, 0.3) is 82.1 Å². The van der Waals surface area contributed by atoms with Crippen LogP contribution in [0.15, 0.2) is 158 Å². The van der Waals surface area contributed by atoms with Crippen LogP contribution in [0.5, 0.6) is 0 Å². The number of para-hydroxylation sites is 2. The molecule has 2 heterocycles. The number of nitrogens with zero attached hydrogens (tertiary/aromatic N) is 2. The Labute approximate surface area is 249 Å². The molecule has 0 amide bonds. The zero-order valence-electron chi connectivity index (χ0n) is 23.4. The third-order valence-corrected chi connectivity index (χ3v) is 8.87. The Morgan fingerprint density at radius 3 is 1.42 bits per heavy atom. The molecule has 0 bridgehead atoms. The maximum absolute atomic E-state index is 4.47. The molecule has 0 saturated heterocycles. The molecule has 0 aliphatic carbocycles. The summed E-state index contributed by atoms with van der Waals surface area (Å²) in [6.07, 6.45) is 3.82. The van der Waals surface area contributed by atoms with Gasteiger partial charge in [-0.15, -0.1) is 0 Å². The molecule has 0 saturated carbocycles. The van der Waals surface area contributed by atoms with Gasteiger partial charge in [0.2, 0.25) is 0 Å². The van der Waals surface area contributed by atoms with Crippen molar-refractivity contribution in [1.82, 2.24) is 9.55 Å². The minimum absolute atomic E-state index is 1.13. The van der Waals surface area contributed by atoms with Crippen molar-refractivity contribution < 1.29 is 0 Å². The highest BCUT2D eigenvalue weighted by molar-refractivity contribution is 6.24. The van der Waals surface area contributed by atoms with E-state index in [1.807, 2.05) is 18.5 Å². The number of hydrogen-bond acceptors (Lipinski definition) is 1. The molecular formula is C41H26N2. The molecule has 0 unspecified atom stereocenters. The highest BCUT2D eigenvalue weighted by Crippen LogP contribution is 2.46. The summed E-state index contributed by atoms with van der Waals surface area (Å²) in [5, 5.41) is 9.98. The second kappa shape index (κ2) is 9.40. The Morgan fingerprint density at radius 1 is 0.372 bits per heavy atom. The van der Waals surface area contributed by atoms with E-state index in [4.69, 9.17) is 0 Å². The number of rotatable bonds is 3. The van der Waals surface area contributed by atoms with Crippen molar-refractivity contribution in [2.24, 2.45) is 0 Å². The largest absolute Gasteiger partial charge is 0.309 e. The van der Waals surface area contributed by atoms with Gasteiger partial charge in [-0.3, -0.25) is 4.98 Å². The molecule has 43 heavy (non-hydrogen) atoms. The monoisotopic (exact) mass is 546 g/mol. The van der Waals surface area contributed by atoms with Crippen molar-refractivity contribution in [3.05, 3.63) is 158 Å². The maximum Gasteiger partial charge on any atom is 0.0541 e. The quantitative estimate of drug-likeness (QED) is 0.202. The van der Waals surface area contributed by atoms with E-state index in [0.717, 1.165) is 5.56 Å². The van der Waals surface area contributed by atoms with Gasteiger partial charge in [-0.2, -0.15) is 0 Å². The van der Waals surface area contributed by atoms with Crippen LogP contribution in [0.1, 0.15) is 0 Å². The average molecular weight is 547 g/mol. The lowest BCUT2D eigenvalue weighted by Gasteiger charge is -2.20. The second-order valence-corrected chi connectivity index (χ2v) is 11.1. The standard InChI is InChI=1S/C41H26N2/c1-2-14-29-28(13-1)36(23-24-39(29)43-37-21-9-7-15-30(37)31-16-8-10-22-38(31)43)41-34-19-5-3-17-32(34)40(27-12-11-25-42-26-27)33-18-4-6-20-35(33)41/h1-26H. The van der Waals surface area contributed by atoms with Crippen molar-refractivity contribution >= 4 is 54.1 Å². The van der Waals surface area contributed by atoms with Crippen LogP contribution < -0.4 is 0 Å². The highest BCUT2D eigenvalue weighted by atomic mass is 15.0. The molecule has 0 radical (unpaired) electrons. The SMILES string of the molecule is c1cncc(-c2c3ccccc3c(-c3ccc(-n4c5ccccc5c5ccccc54)c4ccccc34)c3ccccc23)c1. The molecule has 2 heteroatoms. The van der Waals surface area contributed by atoms with Gasteiger partial charge in [-0.1, -0.05) is 121 Å². The summed E-state index contributed by atoms with van der Waals surface area (Å²) in [6.45, 7) is 0. The fourth-order valence-electron chi connectivity index (χ4n) is 7.12. The van der Waals surface area contributed by atoms with Crippen molar-refractivity contribution in [2.75, 3.05) is 0 Å². The van der Waals surface area contributed by atoms with E-state index >= 15 is 0 Å². The molecule has 0 N–H and O–H groups in total. The third kappa shape index (κ3) is 3.50. The number of pyridine rings is 1. The predicted octanol–water partition coefficient (Wildman–Crippen LogP) is 11.0. The molecular weight excluding hydrogens is 520 g/mol. The zero-order valence-corrected chi connectivity index (χ0v) is 23.4. The molecule has 9 rings (SSSR count). The molecule has 9 aromatic rings. The first kappa shape index (κ1) is 23.9. The van der Waals surface area contributed by atoms with E-state index in [-0.39, 0.29) is 0 Å². The van der Waals surface area contributed by atoms with E-state index in [2.05, 4.69) is 149 Å². The molecule has 200 valence electrons. The van der Waals surface area contributed by atoms with Crippen molar-refractivity contribution in [2.45, 2.75) is 0 Å². The Balaban J connectivity index is 1.40. The predicted molar refractivity (Wildman–Crippen MR) is 182 cm³/mol. The first-order valence-corrected chi connectivity index (χ1v) is 14.7. The Kier molecular flexibility index (Phi) is 5.23. The molecule has 0 aliphatic heterocycles. The summed E-state index contributed by atoms with van der Waals surface area (Å²) in [4.78, 5) is 4.47. The minimum Gasteiger partial charge on any atom is -0.309 e. The van der Waals surface area contributed by atoms with Gasteiger partial charge in [0.05, 0.1) is 16.7 Å². The second-order valence-electron chi connectivity index (χ2n) is 11.1. The van der Waals surface area contributed by atoms with Crippen molar-refractivity contribution in [3.63, 3.8) is 0 Å². The van der Waals surface area contributed by atoms with Crippen molar-refractivity contribution in [1.29, 1.82) is 0 Å². The van der Waals surface area contributed by atoms with E-state index in [1.54, 1.807) is 0 Å². The van der Waals surface area contributed by atoms with Gasteiger partial charge in [-0.25, -0.2) is 0 Å². The number of hydrogen-bond donors (Lipinski definition) is 0. The van der Waals surface area contributed by atoms with Gasteiger partial charge in [-0.05, 0) is 67.9 Å². The van der Waals surface area contributed by atoms with Crippen LogP contribution in [0.2, 0.25) is 0 Å². The summed E-state index contributed by atoms with van der Waals surface area (Å²) in [5.74, 6) is 0. The number of fused-ring (bicyclic) bond motifs is 6. The molecule has 7 aromatic carbocycles. The van der Waals surface area contributed by atoms with Gasteiger partial charge >= 0.3 is 0 Å². The Hall–Kier alpha value is -5.73. The molecule has 2 nitrogen and oxygen atoms in total. The molecule has 0 atom stereocenters. The van der Waals surface area contributed by atoms with Crippen LogP contribution in [0.3, 0.4) is 0 Å². The lowest BCUT2D eigenvalue weighted by molar-refractivity contribution is 1.20. The molecule has 0 spiro atoms. The third-order valence-electron chi connectivity index (χ3n) is 8.87. The summed E-state index contributed by atoms with van der Waals surface area (Å²) >= 11 is 0. The maximum atomic E-state index is 4.47. The first-order chi connectivity index (χ1) is 21.4. The van der Waals surface area contributed by atoms with Gasteiger partial charge < -0.3 is 4.57 Å². The van der Waals surface area contributed by atoms with Gasteiger partial charge in [0.15, 0.2) is 0 Å². The normalized spacial score (nSPS) is 11.7. The summed E-state index contributed by atoms with van der Waals surface area (Å²) in [5.41, 5.74) is 8.50. The van der Waals surface area contributed by atoms with Gasteiger partial charge in [0.25, 0.3) is 0 Å². The van der Waals surface area contributed by atoms with Crippen LogP contribution in [-0.2, 0) is 0 Å². The van der Waals surface area contributed by atoms with Crippen LogP contribution >= 0.6 is 0 Å². The molecule has 0 aliphatic rings. The van der Waals surface area contributed by atoms with Crippen LogP contribution in [-0.4, -0.2) is 9.55 Å². The average Bonchev–Trinajstić information content (AvgIpc) is 3.41. The Bertz CT molecular complexity index is 2390. The zero-order chi connectivity index (χ0) is 28.3. The summed E-state index contributed by atoms with van der Waals surface area (Å²) in [6, 6.07) is 52.8. The van der Waals surface area contributed by atoms with Crippen LogP contribution in [0.4, 0.5) is 0 Å². The van der Waals surface area contributed by atoms with Gasteiger partial charge in [0, 0.05) is 34.1 Å². The van der Waals surface area contributed by atoms with Crippen LogP contribution in [0, 0.1) is 0 Å². The van der Waals surface area contributed by atoms with E-state index in [0.29, 0.717) is 0 Å². The lowest BCUT2D eigenvalue weighted by Crippen LogP contribution is -1.97. The number of aromatic nitrogens is 2. The van der Waals surface area contributed by atoms with Gasteiger partial charge in [0.1, 0.15) is 0 Å². The fourth-order valence-corrected chi connectivity index (χ4v) is 7.12. The molecule has 0 fully saturated rings. The fraction of sp³-hybridized carbons (Fsp3) is 0. The Morgan fingerprint density at radius 2 is 0.860 bits per heavy atom. The summed E-state index contributed by atoms with van der Waals surface area (Å²) < 4.78 is 2.43. The smallest absolute Gasteiger partial charge is 0.0541 e. The first-order valence-electron chi connectivity index (χ1n) is 14.7. The topological polar surface area (TPSA) is 17.8 Å². The number of benzene rings is 7.